The molecule has 0 aromatic heterocycles. The van der Waals surface area contributed by atoms with Gasteiger partial charge in [0, 0.05) is 17.7 Å². The van der Waals surface area contributed by atoms with Gasteiger partial charge in [-0.2, -0.15) is 0 Å². The number of non-ortho nitro benzene ring substituents is 1. The van der Waals surface area contributed by atoms with Crippen LogP contribution in [0.4, 0.5) is 5.69 Å². The Hall–Kier alpha value is -1.17. The molecule has 1 fully saturated rings. The smallest absolute Gasteiger partial charge is 0.270 e. The van der Waals surface area contributed by atoms with Crippen molar-refractivity contribution in [3.05, 3.63) is 38.9 Å². The van der Waals surface area contributed by atoms with Crippen molar-refractivity contribution in [2.24, 2.45) is 5.73 Å². The Morgan fingerprint density at radius 2 is 2.05 bits per heavy atom. The molecular formula is C14H19ClN2O3. The molecule has 5 nitrogen and oxygen atoms in total. The van der Waals surface area contributed by atoms with Crippen LogP contribution in [0.15, 0.2) is 18.2 Å². The van der Waals surface area contributed by atoms with E-state index in [0.717, 1.165) is 31.2 Å². The first-order chi connectivity index (χ1) is 9.50. The van der Waals surface area contributed by atoms with Crippen LogP contribution in [-0.2, 0) is 11.3 Å². The van der Waals surface area contributed by atoms with Crippen LogP contribution in [0.5, 0.6) is 0 Å². The minimum atomic E-state index is -0.465. The summed E-state index contributed by atoms with van der Waals surface area (Å²) in [6.07, 6.45) is 5.52. The van der Waals surface area contributed by atoms with Gasteiger partial charge in [-0.25, -0.2) is 0 Å². The summed E-state index contributed by atoms with van der Waals surface area (Å²) >= 11 is 6.01. The number of hydrogen-bond acceptors (Lipinski definition) is 4. The van der Waals surface area contributed by atoms with Crippen LogP contribution in [0.25, 0.3) is 0 Å². The Morgan fingerprint density at radius 3 is 2.65 bits per heavy atom. The van der Waals surface area contributed by atoms with Gasteiger partial charge in [0.15, 0.2) is 0 Å². The molecule has 0 spiro atoms. The molecule has 0 aliphatic heterocycles. The Kier molecular flexibility index (Phi) is 4.96. The molecule has 6 heteroatoms. The number of nitrogens with zero attached hydrogens (tertiary/aromatic N) is 1. The number of ether oxygens (including phenoxy) is 1. The summed E-state index contributed by atoms with van der Waals surface area (Å²) in [6.45, 7) is 0.829. The Balaban J connectivity index is 1.89. The van der Waals surface area contributed by atoms with Gasteiger partial charge in [0.2, 0.25) is 0 Å². The van der Waals surface area contributed by atoms with Crippen LogP contribution in [0.3, 0.4) is 0 Å². The highest BCUT2D eigenvalue weighted by Gasteiger charge is 2.27. The van der Waals surface area contributed by atoms with Crippen molar-refractivity contribution in [1.82, 2.24) is 0 Å². The second-order valence-electron chi connectivity index (χ2n) is 5.45. The van der Waals surface area contributed by atoms with Crippen molar-refractivity contribution < 1.29 is 9.66 Å². The van der Waals surface area contributed by atoms with Crippen LogP contribution in [0.2, 0.25) is 5.02 Å². The van der Waals surface area contributed by atoms with E-state index in [1.807, 2.05) is 0 Å². The van der Waals surface area contributed by atoms with Gasteiger partial charge in [-0.05, 0) is 24.5 Å². The van der Waals surface area contributed by atoms with E-state index in [-0.39, 0.29) is 11.2 Å². The summed E-state index contributed by atoms with van der Waals surface area (Å²) in [6, 6.07) is 4.41. The summed E-state index contributed by atoms with van der Waals surface area (Å²) in [5.41, 5.74) is 6.78. The van der Waals surface area contributed by atoms with E-state index in [1.165, 1.54) is 18.6 Å². The van der Waals surface area contributed by atoms with Gasteiger partial charge in [0.05, 0.1) is 23.2 Å². The first-order valence-electron chi connectivity index (χ1n) is 6.80. The monoisotopic (exact) mass is 298 g/mol. The maximum atomic E-state index is 10.6. The predicted molar refractivity (Wildman–Crippen MR) is 77.8 cm³/mol. The molecule has 1 aromatic rings. The van der Waals surface area contributed by atoms with Crippen LogP contribution in [-0.4, -0.2) is 17.1 Å². The standard InChI is InChI=1S/C14H19ClN2O3/c15-13-8-12(17(18)19)5-4-11(13)9-20-10-14(16)6-2-1-3-7-14/h4-5,8H,1-3,6-7,9-10,16H2. The van der Waals surface area contributed by atoms with E-state index in [0.29, 0.717) is 18.2 Å². The molecule has 1 aromatic carbocycles. The summed E-state index contributed by atoms with van der Waals surface area (Å²) < 4.78 is 5.66. The van der Waals surface area contributed by atoms with Gasteiger partial charge in [-0.15, -0.1) is 0 Å². The highest BCUT2D eigenvalue weighted by molar-refractivity contribution is 6.31. The number of nitro groups is 1. The van der Waals surface area contributed by atoms with Gasteiger partial charge in [-0.3, -0.25) is 10.1 Å². The lowest BCUT2D eigenvalue weighted by atomic mass is 9.83. The molecule has 0 unspecified atom stereocenters. The summed E-state index contributed by atoms with van der Waals surface area (Å²) in [7, 11) is 0. The molecule has 1 saturated carbocycles. The first kappa shape index (κ1) is 15.2. The molecule has 0 saturated heterocycles. The second kappa shape index (κ2) is 6.52. The van der Waals surface area contributed by atoms with Crippen molar-refractivity contribution in [1.29, 1.82) is 0 Å². The van der Waals surface area contributed by atoms with E-state index in [4.69, 9.17) is 22.1 Å². The lowest BCUT2D eigenvalue weighted by Crippen LogP contribution is -2.46. The van der Waals surface area contributed by atoms with E-state index in [9.17, 15) is 10.1 Å². The molecule has 20 heavy (non-hydrogen) atoms. The number of halogens is 1. The number of benzene rings is 1. The molecule has 1 aliphatic rings. The minimum absolute atomic E-state index is 0.0127. The molecule has 0 radical (unpaired) electrons. The Bertz CT molecular complexity index is 487. The number of nitrogens with two attached hydrogens (primary N) is 1. The van der Waals surface area contributed by atoms with Gasteiger partial charge in [0.25, 0.3) is 5.69 Å². The Labute approximate surface area is 123 Å². The third-order valence-corrected chi connectivity index (χ3v) is 4.10. The first-order valence-corrected chi connectivity index (χ1v) is 7.17. The van der Waals surface area contributed by atoms with Crippen LogP contribution in [0.1, 0.15) is 37.7 Å². The number of rotatable bonds is 5. The summed E-state index contributed by atoms with van der Waals surface area (Å²) in [4.78, 5) is 10.2. The average molecular weight is 299 g/mol. The quantitative estimate of drug-likeness (QED) is 0.667. The van der Waals surface area contributed by atoms with Crippen molar-refractivity contribution in [2.45, 2.75) is 44.2 Å². The fourth-order valence-corrected chi connectivity index (χ4v) is 2.76. The highest BCUT2D eigenvalue weighted by atomic mass is 35.5. The zero-order valence-corrected chi connectivity index (χ0v) is 12.1. The average Bonchev–Trinajstić information content (AvgIpc) is 2.41. The zero-order chi connectivity index (χ0) is 14.6. The maximum Gasteiger partial charge on any atom is 0.270 e. The molecular weight excluding hydrogens is 280 g/mol. The second-order valence-corrected chi connectivity index (χ2v) is 5.86. The van der Waals surface area contributed by atoms with E-state index in [2.05, 4.69) is 0 Å². The maximum absolute atomic E-state index is 10.6. The van der Waals surface area contributed by atoms with Gasteiger partial charge < -0.3 is 10.5 Å². The molecule has 110 valence electrons. The zero-order valence-electron chi connectivity index (χ0n) is 11.3. The van der Waals surface area contributed by atoms with Gasteiger partial charge >= 0.3 is 0 Å². The largest absolute Gasteiger partial charge is 0.375 e. The predicted octanol–water partition coefficient (Wildman–Crippen LogP) is 3.43. The van der Waals surface area contributed by atoms with Crippen molar-refractivity contribution in [3.8, 4) is 0 Å². The Morgan fingerprint density at radius 1 is 1.35 bits per heavy atom. The molecule has 0 bridgehead atoms. The molecule has 0 atom stereocenters. The van der Waals surface area contributed by atoms with Gasteiger partial charge in [-0.1, -0.05) is 30.9 Å². The van der Waals surface area contributed by atoms with Crippen LogP contribution < -0.4 is 5.73 Å². The van der Waals surface area contributed by atoms with E-state index in [1.54, 1.807) is 6.07 Å². The van der Waals surface area contributed by atoms with Crippen LogP contribution >= 0.6 is 11.6 Å². The van der Waals surface area contributed by atoms with E-state index < -0.39 is 4.92 Å². The van der Waals surface area contributed by atoms with Crippen LogP contribution in [0, 0.1) is 10.1 Å². The molecule has 2 N–H and O–H groups in total. The van der Waals surface area contributed by atoms with E-state index >= 15 is 0 Å². The third kappa shape index (κ3) is 3.91. The molecule has 2 rings (SSSR count). The summed E-state index contributed by atoms with van der Waals surface area (Å²) in [5, 5.41) is 11.0. The summed E-state index contributed by atoms with van der Waals surface area (Å²) in [5.74, 6) is 0. The molecule has 0 heterocycles. The lowest BCUT2D eigenvalue weighted by Gasteiger charge is -2.33. The van der Waals surface area contributed by atoms with Crippen molar-refractivity contribution in [2.75, 3.05) is 6.61 Å². The highest BCUT2D eigenvalue weighted by Crippen LogP contribution is 2.27. The minimum Gasteiger partial charge on any atom is -0.375 e. The molecule has 0 amide bonds. The van der Waals surface area contributed by atoms with Gasteiger partial charge in [0.1, 0.15) is 0 Å². The molecule has 1 aliphatic carbocycles. The third-order valence-electron chi connectivity index (χ3n) is 3.74. The van der Waals surface area contributed by atoms with Crippen molar-refractivity contribution in [3.63, 3.8) is 0 Å². The lowest BCUT2D eigenvalue weighted by molar-refractivity contribution is -0.384. The topological polar surface area (TPSA) is 78.4 Å². The fraction of sp³-hybridized carbons (Fsp3) is 0.571. The SMILES string of the molecule is NC1(COCc2ccc([N+](=O)[O-])cc2Cl)CCCCC1. The normalized spacial score (nSPS) is 17.9. The van der Waals surface area contributed by atoms with Crippen molar-refractivity contribution >= 4 is 17.3 Å². The fourth-order valence-electron chi connectivity index (χ4n) is 2.53. The number of nitro benzene ring substituents is 1. The number of hydrogen-bond donors (Lipinski definition) is 1.